The molecule has 7 heteroatoms. The zero-order valence-corrected chi connectivity index (χ0v) is 15.4. The Bertz CT molecular complexity index is 821. The van der Waals surface area contributed by atoms with Gasteiger partial charge in [-0.2, -0.15) is 0 Å². The lowest BCUT2D eigenvalue weighted by Gasteiger charge is -2.18. The topological polar surface area (TPSA) is 101 Å². The minimum Gasteiger partial charge on any atom is -0.348 e. The summed E-state index contributed by atoms with van der Waals surface area (Å²) >= 11 is 0. The maximum Gasteiger partial charge on any atom is 0.273 e. The average Bonchev–Trinajstić information content (AvgIpc) is 2.66. The molecule has 2 aromatic rings. The Balaban J connectivity index is 1.97. The highest BCUT2D eigenvalue weighted by Crippen LogP contribution is 2.19. The van der Waals surface area contributed by atoms with E-state index in [9.17, 15) is 19.7 Å². The molecular weight excluding hydrogens is 346 g/mol. The number of benzene rings is 2. The van der Waals surface area contributed by atoms with Crippen LogP contribution in [0, 0.1) is 17.0 Å². The Hall–Kier alpha value is -3.22. The van der Waals surface area contributed by atoms with Crippen molar-refractivity contribution in [3.8, 4) is 0 Å². The molecule has 0 heterocycles. The van der Waals surface area contributed by atoms with E-state index in [1.54, 1.807) is 6.92 Å². The van der Waals surface area contributed by atoms with Gasteiger partial charge in [0.05, 0.1) is 17.5 Å². The van der Waals surface area contributed by atoms with Crippen LogP contribution >= 0.6 is 0 Å². The Labute approximate surface area is 157 Å². The highest BCUT2D eigenvalue weighted by atomic mass is 16.6. The van der Waals surface area contributed by atoms with Crippen molar-refractivity contribution in [2.45, 2.75) is 32.7 Å². The van der Waals surface area contributed by atoms with Gasteiger partial charge in [-0.25, -0.2) is 0 Å². The third kappa shape index (κ3) is 5.64. The lowest BCUT2D eigenvalue weighted by atomic mass is 10.0. The van der Waals surface area contributed by atoms with E-state index in [1.807, 2.05) is 37.3 Å². The van der Waals surface area contributed by atoms with Crippen LogP contribution in [0.4, 0.5) is 5.69 Å². The first-order valence-corrected chi connectivity index (χ1v) is 8.80. The van der Waals surface area contributed by atoms with E-state index in [1.165, 1.54) is 18.2 Å². The Morgan fingerprint density at radius 2 is 1.85 bits per heavy atom. The van der Waals surface area contributed by atoms with Gasteiger partial charge in [0.25, 0.3) is 11.6 Å². The summed E-state index contributed by atoms with van der Waals surface area (Å²) in [6, 6.07) is 13.7. The maximum absolute atomic E-state index is 12.2. The molecule has 0 aliphatic rings. The molecule has 142 valence electrons. The van der Waals surface area contributed by atoms with Crippen LogP contribution < -0.4 is 10.6 Å². The third-order valence-electron chi connectivity index (χ3n) is 4.19. The second kappa shape index (κ2) is 9.47. The van der Waals surface area contributed by atoms with Crippen molar-refractivity contribution in [1.29, 1.82) is 0 Å². The van der Waals surface area contributed by atoms with Gasteiger partial charge in [0.2, 0.25) is 5.91 Å². The number of nitro groups is 1. The molecule has 2 aromatic carbocycles. The van der Waals surface area contributed by atoms with E-state index in [0.29, 0.717) is 5.56 Å². The molecule has 0 aliphatic heterocycles. The fraction of sp³-hybridized carbons (Fsp3) is 0.300. The number of aryl methyl sites for hydroxylation is 1. The lowest BCUT2D eigenvalue weighted by molar-refractivity contribution is -0.385. The van der Waals surface area contributed by atoms with Crippen LogP contribution in [-0.4, -0.2) is 23.3 Å². The zero-order valence-electron chi connectivity index (χ0n) is 15.4. The number of nitrogens with one attached hydrogen (secondary N) is 2. The summed E-state index contributed by atoms with van der Waals surface area (Å²) in [5, 5.41) is 16.4. The molecule has 0 spiro atoms. The van der Waals surface area contributed by atoms with Gasteiger partial charge < -0.3 is 10.6 Å². The summed E-state index contributed by atoms with van der Waals surface area (Å²) in [7, 11) is 0. The molecule has 0 saturated heterocycles. The Kier molecular flexibility index (Phi) is 7.05. The van der Waals surface area contributed by atoms with Crippen LogP contribution in [0.25, 0.3) is 0 Å². The number of amides is 2. The van der Waals surface area contributed by atoms with E-state index in [0.717, 1.165) is 18.4 Å². The van der Waals surface area contributed by atoms with Crippen LogP contribution in [0.2, 0.25) is 0 Å². The molecule has 1 unspecified atom stereocenters. The average molecular weight is 369 g/mol. The van der Waals surface area contributed by atoms with E-state index in [2.05, 4.69) is 10.6 Å². The third-order valence-corrected chi connectivity index (χ3v) is 4.19. The highest BCUT2D eigenvalue weighted by molar-refractivity contribution is 5.97. The molecule has 0 aliphatic carbocycles. The summed E-state index contributed by atoms with van der Waals surface area (Å²) < 4.78 is 0. The van der Waals surface area contributed by atoms with Crippen molar-refractivity contribution in [2.24, 2.45) is 0 Å². The lowest BCUT2D eigenvalue weighted by Crippen LogP contribution is -2.38. The van der Waals surface area contributed by atoms with Gasteiger partial charge in [-0.3, -0.25) is 19.7 Å². The molecule has 27 heavy (non-hydrogen) atoms. The molecule has 1 atom stereocenters. The highest BCUT2D eigenvalue weighted by Gasteiger charge is 2.17. The minimum atomic E-state index is -0.534. The van der Waals surface area contributed by atoms with Crippen LogP contribution in [0.5, 0.6) is 0 Å². The zero-order chi connectivity index (χ0) is 19.8. The molecule has 0 fully saturated rings. The summed E-state index contributed by atoms with van der Waals surface area (Å²) in [6.45, 7) is 3.44. The first-order chi connectivity index (χ1) is 12.9. The summed E-state index contributed by atoms with van der Waals surface area (Å²) in [4.78, 5) is 34.9. The number of carbonyl (C=O) groups is 2. The molecule has 7 nitrogen and oxygen atoms in total. The molecular formula is C20H23N3O4. The van der Waals surface area contributed by atoms with Gasteiger partial charge in [0.15, 0.2) is 0 Å². The summed E-state index contributed by atoms with van der Waals surface area (Å²) in [5.74, 6) is -0.840. The number of nitro benzene ring substituents is 1. The quantitative estimate of drug-likeness (QED) is 0.551. The molecule has 2 N–H and O–H groups in total. The van der Waals surface area contributed by atoms with Gasteiger partial charge in [-0.1, -0.05) is 49.7 Å². The molecule has 0 bridgehead atoms. The van der Waals surface area contributed by atoms with E-state index >= 15 is 0 Å². The fourth-order valence-electron chi connectivity index (χ4n) is 2.75. The van der Waals surface area contributed by atoms with E-state index in [-0.39, 0.29) is 29.7 Å². The number of rotatable bonds is 8. The largest absolute Gasteiger partial charge is 0.348 e. The van der Waals surface area contributed by atoms with Crippen LogP contribution in [0.3, 0.4) is 0 Å². The maximum atomic E-state index is 12.2. The number of hydrogen-bond acceptors (Lipinski definition) is 4. The second-order valence-corrected chi connectivity index (χ2v) is 6.26. The standard InChI is InChI=1S/C20H23N3O4/c1-3-7-17(15-8-5-4-6-9-15)22-19(24)13-21-20(25)16-11-10-14(2)18(12-16)23(26)27/h4-6,8-12,17H,3,7,13H2,1-2H3,(H,21,25)(H,22,24). The first-order valence-electron chi connectivity index (χ1n) is 8.80. The van der Waals surface area contributed by atoms with Crippen LogP contribution in [-0.2, 0) is 4.79 Å². The fourth-order valence-corrected chi connectivity index (χ4v) is 2.75. The van der Waals surface area contributed by atoms with Crippen molar-refractivity contribution in [3.63, 3.8) is 0 Å². The summed E-state index contributed by atoms with van der Waals surface area (Å²) in [5.41, 5.74) is 1.50. The van der Waals surface area contributed by atoms with Crippen molar-refractivity contribution in [2.75, 3.05) is 6.54 Å². The van der Waals surface area contributed by atoms with Gasteiger partial charge >= 0.3 is 0 Å². The molecule has 0 saturated carbocycles. The van der Waals surface area contributed by atoms with Gasteiger partial charge in [0, 0.05) is 17.2 Å². The first kappa shape index (κ1) is 20.1. The Morgan fingerprint density at radius 3 is 2.48 bits per heavy atom. The monoisotopic (exact) mass is 369 g/mol. The van der Waals surface area contributed by atoms with Crippen molar-refractivity contribution < 1.29 is 14.5 Å². The van der Waals surface area contributed by atoms with Crippen LogP contribution in [0.15, 0.2) is 48.5 Å². The minimum absolute atomic E-state index is 0.124. The van der Waals surface area contributed by atoms with Gasteiger partial charge in [0.1, 0.15) is 0 Å². The van der Waals surface area contributed by atoms with Gasteiger partial charge in [-0.05, 0) is 25.0 Å². The van der Waals surface area contributed by atoms with E-state index in [4.69, 9.17) is 0 Å². The number of carbonyl (C=O) groups excluding carboxylic acids is 2. The molecule has 0 aromatic heterocycles. The van der Waals surface area contributed by atoms with E-state index < -0.39 is 10.8 Å². The molecule has 2 rings (SSSR count). The van der Waals surface area contributed by atoms with Crippen molar-refractivity contribution in [3.05, 3.63) is 75.3 Å². The molecule has 0 radical (unpaired) electrons. The predicted octanol–water partition coefficient (Wildman–Crippen LogP) is 3.29. The SMILES string of the molecule is CCCC(NC(=O)CNC(=O)c1ccc(C)c([N+](=O)[O-])c1)c1ccccc1. The van der Waals surface area contributed by atoms with Crippen molar-refractivity contribution >= 4 is 17.5 Å². The molecule has 2 amide bonds. The summed E-state index contributed by atoms with van der Waals surface area (Å²) in [6.07, 6.45) is 1.69. The van der Waals surface area contributed by atoms with Crippen LogP contribution in [0.1, 0.15) is 47.3 Å². The second-order valence-electron chi connectivity index (χ2n) is 6.26. The Morgan fingerprint density at radius 1 is 1.15 bits per heavy atom. The number of hydrogen-bond donors (Lipinski definition) is 2. The van der Waals surface area contributed by atoms with Gasteiger partial charge in [-0.15, -0.1) is 0 Å². The smallest absolute Gasteiger partial charge is 0.273 e. The predicted molar refractivity (Wildman–Crippen MR) is 102 cm³/mol. The normalized spacial score (nSPS) is 11.5. The van der Waals surface area contributed by atoms with Crippen molar-refractivity contribution in [1.82, 2.24) is 10.6 Å². The number of nitrogens with zero attached hydrogens (tertiary/aromatic N) is 1.